The van der Waals surface area contributed by atoms with Gasteiger partial charge in [-0.15, -0.1) is 0 Å². The topological polar surface area (TPSA) is 80.5 Å². The molecule has 3 heterocycles. The van der Waals surface area contributed by atoms with Gasteiger partial charge in [0.2, 0.25) is 0 Å². The summed E-state index contributed by atoms with van der Waals surface area (Å²) in [5, 5.41) is 13.2. The molecular weight excluding hydrogens is 308 g/mol. The van der Waals surface area contributed by atoms with Gasteiger partial charge >= 0.3 is 5.97 Å². The van der Waals surface area contributed by atoms with Crippen molar-refractivity contribution in [2.75, 3.05) is 20.2 Å². The van der Waals surface area contributed by atoms with E-state index in [1.165, 1.54) is 0 Å². The van der Waals surface area contributed by atoms with Crippen LogP contribution in [0.1, 0.15) is 30.1 Å². The molecule has 1 aliphatic heterocycles. The number of carboxylic acid groups (broad SMARTS) is 1. The van der Waals surface area contributed by atoms with Gasteiger partial charge in [-0.25, -0.2) is 0 Å². The zero-order chi connectivity index (χ0) is 16.9. The number of hydrogen-bond acceptors (Lipinski definition) is 5. The molecule has 1 atom stereocenters. The van der Waals surface area contributed by atoms with Crippen molar-refractivity contribution in [3.8, 4) is 5.75 Å². The van der Waals surface area contributed by atoms with Crippen molar-refractivity contribution in [3.05, 3.63) is 42.0 Å². The standard InChI is InChI=1S/C17H22N4O3/c1-24-16-5-2-7-18-14(16)11-20-9-3-4-13(10-20)15-6-8-19-21(15)12-17(22)23/h2,5-8,13H,3-4,9-12H2,1H3,(H,22,23). The van der Waals surface area contributed by atoms with Gasteiger partial charge in [0.25, 0.3) is 0 Å². The lowest BCUT2D eigenvalue weighted by Crippen LogP contribution is -2.35. The molecule has 0 amide bonds. The summed E-state index contributed by atoms with van der Waals surface area (Å²) in [4.78, 5) is 17.8. The highest BCUT2D eigenvalue weighted by molar-refractivity contribution is 5.66. The molecule has 24 heavy (non-hydrogen) atoms. The van der Waals surface area contributed by atoms with Gasteiger partial charge in [-0.3, -0.25) is 19.4 Å². The van der Waals surface area contributed by atoms with E-state index in [4.69, 9.17) is 9.84 Å². The number of carbonyl (C=O) groups is 1. The Morgan fingerprint density at radius 1 is 1.42 bits per heavy atom. The highest BCUT2D eigenvalue weighted by Gasteiger charge is 2.25. The molecule has 3 rings (SSSR count). The lowest BCUT2D eigenvalue weighted by Gasteiger charge is -2.32. The van der Waals surface area contributed by atoms with Crippen molar-refractivity contribution in [1.82, 2.24) is 19.7 Å². The number of aromatic nitrogens is 3. The Balaban J connectivity index is 1.71. The molecule has 0 saturated carbocycles. The number of nitrogens with zero attached hydrogens (tertiary/aromatic N) is 4. The van der Waals surface area contributed by atoms with Crippen molar-refractivity contribution in [1.29, 1.82) is 0 Å². The van der Waals surface area contributed by atoms with Crippen molar-refractivity contribution in [2.45, 2.75) is 31.8 Å². The Bertz CT molecular complexity index is 701. The van der Waals surface area contributed by atoms with Gasteiger partial charge in [0, 0.05) is 37.1 Å². The van der Waals surface area contributed by atoms with E-state index in [1.54, 1.807) is 24.2 Å². The maximum Gasteiger partial charge on any atom is 0.325 e. The second-order valence-corrected chi connectivity index (χ2v) is 6.03. The van der Waals surface area contributed by atoms with Crippen molar-refractivity contribution >= 4 is 5.97 Å². The largest absolute Gasteiger partial charge is 0.495 e. The minimum absolute atomic E-state index is 0.0904. The van der Waals surface area contributed by atoms with Crippen LogP contribution in [0.3, 0.4) is 0 Å². The summed E-state index contributed by atoms with van der Waals surface area (Å²) in [7, 11) is 1.66. The van der Waals surface area contributed by atoms with E-state index in [2.05, 4.69) is 15.0 Å². The maximum absolute atomic E-state index is 11.0. The molecule has 128 valence electrons. The number of carboxylic acids is 1. The minimum Gasteiger partial charge on any atom is -0.495 e. The lowest BCUT2D eigenvalue weighted by molar-refractivity contribution is -0.137. The van der Waals surface area contributed by atoms with E-state index < -0.39 is 5.97 Å². The summed E-state index contributed by atoms with van der Waals surface area (Å²) in [5.41, 5.74) is 1.93. The predicted octanol–water partition coefficient (Wildman–Crippen LogP) is 1.75. The van der Waals surface area contributed by atoms with Gasteiger partial charge in [-0.05, 0) is 37.6 Å². The maximum atomic E-state index is 11.0. The Hall–Kier alpha value is -2.41. The van der Waals surface area contributed by atoms with E-state index in [1.807, 2.05) is 18.2 Å². The summed E-state index contributed by atoms with van der Waals surface area (Å²) in [6, 6.07) is 5.72. The number of piperidine rings is 1. The van der Waals surface area contributed by atoms with E-state index >= 15 is 0 Å². The summed E-state index contributed by atoms with van der Waals surface area (Å²) >= 11 is 0. The quantitative estimate of drug-likeness (QED) is 0.869. The van der Waals surface area contributed by atoms with Crippen LogP contribution in [0.5, 0.6) is 5.75 Å². The molecular formula is C17H22N4O3. The molecule has 0 aromatic carbocycles. The number of pyridine rings is 1. The van der Waals surface area contributed by atoms with Crippen molar-refractivity contribution < 1.29 is 14.6 Å². The van der Waals surface area contributed by atoms with E-state index in [9.17, 15) is 4.79 Å². The van der Waals surface area contributed by atoms with Gasteiger partial charge in [0.05, 0.1) is 12.8 Å². The highest BCUT2D eigenvalue weighted by Crippen LogP contribution is 2.28. The first-order valence-electron chi connectivity index (χ1n) is 8.11. The molecule has 7 nitrogen and oxygen atoms in total. The van der Waals surface area contributed by atoms with Gasteiger partial charge in [0.15, 0.2) is 0 Å². The Morgan fingerprint density at radius 3 is 3.08 bits per heavy atom. The van der Waals surface area contributed by atoms with Crippen LogP contribution in [-0.4, -0.2) is 50.9 Å². The average molecular weight is 330 g/mol. The van der Waals surface area contributed by atoms with Crippen molar-refractivity contribution in [3.63, 3.8) is 0 Å². The molecule has 1 fully saturated rings. The number of hydrogen-bond donors (Lipinski definition) is 1. The molecule has 0 spiro atoms. The zero-order valence-corrected chi connectivity index (χ0v) is 13.8. The molecule has 0 bridgehead atoms. The molecule has 1 N–H and O–H groups in total. The predicted molar refractivity (Wildman–Crippen MR) is 87.9 cm³/mol. The molecule has 7 heteroatoms. The molecule has 2 aromatic rings. The number of rotatable bonds is 6. The van der Waals surface area contributed by atoms with Crippen LogP contribution >= 0.6 is 0 Å². The minimum atomic E-state index is -0.870. The SMILES string of the molecule is COc1cccnc1CN1CCCC(c2ccnn2CC(=O)O)C1. The third-order valence-electron chi connectivity index (χ3n) is 4.40. The van der Waals surface area contributed by atoms with E-state index in [0.717, 1.165) is 49.6 Å². The highest BCUT2D eigenvalue weighted by atomic mass is 16.5. The lowest BCUT2D eigenvalue weighted by atomic mass is 9.94. The van der Waals surface area contributed by atoms with Gasteiger partial charge in [-0.1, -0.05) is 0 Å². The van der Waals surface area contributed by atoms with Crippen LogP contribution in [-0.2, 0) is 17.9 Å². The van der Waals surface area contributed by atoms with E-state index in [0.29, 0.717) is 0 Å². The van der Waals surface area contributed by atoms with E-state index in [-0.39, 0.29) is 12.5 Å². The second kappa shape index (κ2) is 7.44. The third-order valence-corrected chi connectivity index (χ3v) is 4.40. The van der Waals surface area contributed by atoms with Crippen LogP contribution in [0.4, 0.5) is 0 Å². The van der Waals surface area contributed by atoms with Gasteiger partial charge < -0.3 is 9.84 Å². The van der Waals surface area contributed by atoms with Gasteiger partial charge in [0.1, 0.15) is 12.3 Å². The fraction of sp³-hybridized carbons (Fsp3) is 0.471. The van der Waals surface area contributed by atoms with Crippen LogP contribution in [0.15, 0.2) is 30.6 Å². The van der Waals surface area contributed by atoms with Crippen LogP contribution in [0, 0.1) is 0 Å². The molecule has 1 aliphatic rings. The smallest absolute Gasteiger partial charge is 0.325 e. The first-order valence-corrected chi connectivity index (χ1v) is 8.11. The molecule has 1 unspecified atom stereocenters. The normalized spacial score (nSPS) is 18.5. The Morgan fingerprint density at radius 2 is 2.29 bits per heavy atom. The number of methoxy groups -OCH3 is 1. The Labute approximate surface area is 140 Å². The Kier molecular flexibility index (Phi) is 5.10. The van der Waals surface area contributed by atoms with Crippen LogP contribution in [0.2, 0.25) is 0 Å². The summed E-state index contributed by atoms with van der Waals surface area (Å²) in [6.07, 6.45) is 5.57. The number of aliphatic carboxylic acids is 1. The molecule has 1 saturated heterocycles. The monoisotopic (exact) mass is 330 g/mol. The fourth-order valence-electron chi connectivity index (χ4n) is 3.33. The van der Waals surface area contributed by atoms with Gasteiger partial charge in [-0.2, -0.15) is 5.10 Å². The molecule has 0 aliphatic carbocycles. The number of likely N-dealkylation sites (tertiary alicyclic amines) is 1. The second-order valence-electron chi connectivity index (χ2n) is 6.03. The molecule has 0 radical (unpaired) electrons. The average Bonchev–Trinajstić information content (AvgIpc) is 3.03. The van der Waals surface area contributed by atoms with Crippen LogP contribution in [0.25, 0.3) is 0 Å². The fourth-order valence-corrected chi connectivity index (χ4v) is 3.33. The third kappa shape index (κ3) is 3.73. The molecule has 2 aromatic heterocycles. The summed E-state index contributed by atoms with van der Waals surface area (Å²) < 4.78 is 6.98. The zero-order valence-electron chi connectivity index (χ0n) is 13.8. The summed E-state index contributed by atoms with van der Waals surface area (Å²) in [6.45, 7) is 2.51. The van der Waals surface area contributed by atoms with Crippen molar-refractivity contribution in [2.24, 2.45) is 0 Å². The number of ether oxygens (including phenoxy) is 1. The first-order chi connectivity index (χ1) is 11.7. The summed E-state index contributed by atoms with van der Waals surface area (Å²) in [5.74, 6) is 0.219. The first kappa shape index (κ1) is 16.4. The van der Waals surface area contributed by atoms with Crippen LogP contribution < -0.4 is 4.74 Å².